The van der Waals surface area contributed by atoms with Gasteiger partial charge in [-0.2, -0.15) is 0 Å². The fourth-order valence-electron chi connectivity index (χ4n) is 1.24. The Labute approximate surface area is 130 Å². The molecule has 0 saturated heterocycles. The third-order valence-electron chi connectivity index (χ3n) is 2.04. The average molecular weight is 276 g/mol. The smallest absolute Gasteiger partial charge is 0.548 e. The van der Waals surface area contributed by atoms with E-state index in [1.165, 1.54) is 12.1 Å². The molecule has 0 unspecified atom stereocenters. The number of aliphatic carboxylic acids is 1. The Hall–Kier alpha value is -1.64. The molecule has 8 nitrogen and oxygen atoms in total. The second-order valence-electron chi connectivity index (χ2n) is 3.21. The predicted molar refractivity (Wildman–Crippen MR) is 57.9 cm³/mol. The fraction of sp³-hybridized carbons (Fsp3) is 0.200. The van der Waals surface area contributed by atoms with Gasteiger partial charge in [-0.15, -0.1) is 0 Å². The average Bonchev–Trinajstić information content (AvgIpc) is 2.34. The number of benzene rings is 1. The molecule has 0 fully saturated rings. The molecule has 0 spiro atoms. The number of carboxylic acids is 1. The molecule has 1 aromatic carbocycles. The molecule has 96 valence electrons. The first-order valence-corrected chi connectivity index (χ1v) is 4.76. The Morgan fingerprint density at radius 1 is 1.42 bits per heavy atom. The van der Waals surface area contributed by atoms with Gasteiger partial charge in [0, 0.05) is 6.07 Å². The maximum absolute atomic E-state index is 11.2. The van der Waals surface area contributed by atoms with Crippen LogP contribution in [0.5, 0.6) is 0 Å². The first kappa shape index (κ1) is 17.4. The Bertz CT molecular complexity index is 505. The van der Waals surface area contributed by atoms with Crippen molar-refractivity contribution in [2.24, 2.45) is 0 Å². The van der Waals surface area contributed by atoms with Crippen LogP contribution < -0.4 is 40.0 Å². The van der Waals surface area contributed by atoms with Gasteiger partial charge in [-0.05, 0) is 12.1 Å². The molecular formula is C10H9N2NaO6. The molecule has 0 aromatic heterocycles. The minimum atomic E-state index is -1.40. The summed E-state index contributed by atoms with van der Waals surface area (Å²) in [5.74, 6) is -2.12. The van der Waals surface area contributed by atoms with Crippen molar-refractivity contribution in [2.45, 2.75) is 0 Å². The quantitative estimate of drug-likeness (QED) is 0.257. The molecule has 1 N–H and O–H groups in total. The van der Waals surface area contributed by atoms with Crippen LogP contribution in [0.1, 0.15) is 10.4 Å². The number of anilines is 1. The topological polar surface area (TPSA) is 122 Å². The molecular weight excluding hydrogens is 267 g/mol. The monoisotopic (exact) mass is 276 g/mol. The summed E-state index contributed by atoms with van der Waals surface area (Å²) in [5.41, 5.74) is -0.431. The molecule has 9 heteroatoms. The van der Waals surface area contributed by atoms with Gasteiger partial charge in [-0.25, -0.2) is 4.79 Å². The summed E-state index contributed by atoms with van der Waals surface area (Å²) in [5, 5.41) is 23.4. The van der Waals surface area contributed by atoms with E-state index >= 15 is 0 Å². The number of nitro benzene ring substituents is 1. The number of hydrogen-bond acceptors (Lipinski definition) is 7. The van der Waals surface area contributed by atoms with Crippen molar-refractivity contribution >= 4 is 23.3 Å². The molecule has 0 bridgehead atoms. The summed E-state index contributed by atoms with van der Waals surface area (Å²) in [6.45, 7) is -0.571. The minimum absolute atomic E-state index is 0. The number of ether oxygens (including phenoxy) is 1. The van der Waals surface area contributed by atoms with Gasteiger partial charge in [0.25, 0.3) is 5.69 Å². The molecule has 0 aliphatic heterocycles. The van der Waals surface area contributed by atoms with Crippen LogP contribution in [-0.4, -0.2) is 30.5 Å². The summed E-state index contributed by atoms with van der Waals surface area (Å²) in [6, 6.07) is 3.52. The van der Waals surface area contributed by atoms with Gasteiger partial charge in [0.2, 0.25) is 0 Å². The zero-order chi connectivity index (χ0) is 13.7. The van der Waals surface area contributed by atoms with Crippen molar-refractivity contribution in [2.75, 3.05) is 19.0 Å². The standard InChI is InChI=1S/C10H10N2O6.Na/c1-18-10(15)6-2-3-7(11-5-9(13)14)8(4-6)12(16)17;/h2-4,11H,5H2,1H3,(H,13,14);/q;+1/p-1. The second-order valence-corrected chi connectivity index (χ2v) is 3.21. The van der Waals surface area contributed by atoms with Crippen molar-refractivity contribution in [1.29, 1.82) is 0 Å². The third kappa shape index (κ3) is 4.86. The van der Waals surface area contributed by atoms with E-state index in [0.717, 1.165) is 13.2 Å². The number of nitrogens with zero attached hydrogens (tertiary/aromatic N) is 1. The molecule has 1 aromatic rings. The van der Waals surface area contributed by atoms with Crippen molar-refractivity contribution in [3.05, 3.63) is 33.9 Å². The van der Waals surface area contributed by atoms with E-state index in [-0.39, 0.29) is 40.8 Å². The van der Waals surface area contributed by atoms with E-state index in [0.29, 0.717) is 0 Å². The van der Waals surface area contributed by atoms with Crippen molar-refractivity contribution in [3.63, 3.8) is 0 Å². The van der Waals surface area contributed by atoms with Crippen LogP contribution in [0.25, 0.3) is 0 Å². The van der Waals surface area contributed by atoms with Crippen LogP contribution in [0, 0.1) is 10.1 Å². The number of rotatable bonds is 5. The third-order valence-corrected chi connectivity index (χ3v) is 2.04. The van der Waals surface area contributed by atoms with E-state index < -0.39 is 29.1 Å². The summed E-state index contributed by atoms with van der Waals surface area (Å²) in [6.07, 6.45) is 0. The van der Waals surface area contributed by atoms with Crippen LogP contribution in [0.3, 0.4) is 0 Å². The largest absolute Gasteiger partial charge is 1.00 e. The zero-order valence-corrected chi connectivity index (χ0v) is 12.3. The number of hydrogen-bond donors (Lipinski definition) is 1. The zero-order valence-electron chi connectivity index (χ0n) is 10.3. The number of nitrogens with one attached hydrogen (secondary N) is 1. The molecule has 0 amide bonds. The number of carbonyl (C=O) groups is 2. The number of esters is 1. The van der Waals surface area contributed by atoms with Crippen molar-refractivity contribution in [3.8, 4) is 0 Å². The predicted octanol–water partition coefficient (Wildman–Crippen LogP) is -3.45. The minimum Gasteiger partial charge on any atom is -0.548 e. The van der Waals surface area contributed by atoms with Crippen LogP contribution in [-0.2, 0) is 9.53 Å². The van der Waals surface area contributed by atoms with E-state index in [1.807, 2.05) is 0 Å². The Kier molecular flexibility index (Phi) is 7.05. The SMILES string of the molecule is COC(=O)c1ccc(NCC(=O)[O-])c([N+](=O)[O-])c1.[Na+]. The van der Waals surface area contributed by atoms with Gasteiger partial charge in [-0.1, -0.05) is 0 Å². The van der Waals surface area contributed by atoms with E-state index in [9.17, 15) is 24.8 Å². The Balaban J connectivity index is 0.00000324. The van der Waals surface area contributed by atoms with E-state index in [4.69, 9.17) is 0 Å². The van der Waals surface area contributed by atoms with Crippen molar-refractivity contribution < 1.29 is 53.9 Å². The van der Waals surface area contributed by atoms with E-state index in [1.54, 1.807) is 0 Å². The second kappa shape index (κ2) is 7.72. The molecule has 0 radical (unpaired) electrons. The Morgan fingerprint density at radius 3 is 2.53 bits per heavy atom. The maximum Gasteiger partial charge on any atom is 1.00 e. The van der Waals surface area contributed by atoms with E-state index in [2.05, 4.69) is 10.1 Å². The number of carboxylic acid groups (broad SMARTS) is 1. The van der Waals surface area contributed by atoms with Crippen LogP contribution in [0.2, 0.25) is 0 Å². The normalized spacial score (nSPS) is 9.11. The first-order valence-electron chi connectivity index (χ1n) is 4.76. The summed E-state index contributed by atoms with van der Waals surface area (Å²) < 4.78 is 4.42. The van der Waals surface area contributed by atoms with Crippen LogP contribution in [0.15, 0.2) is 18.2 Å². The van der Waals surface area contributed by atoms with Gasteiger partial charge in [0.05, 0.1) is 30.1 Å². The maximum atomic E-state index is 11.2. The number of methoxy groups -OCH3 is 1. The first-order chi connectivity index (χ1) is 8.45. The number of nitro groups is 1. The van der Waals surface area contributed by atoms with Gasteiger partial charge in [0.15, 0.2) is 0 Å². The molecule has 0 heterocycles. The molecule has 1 rings (SSSR count). The van der Waals surface area contributed by atoms with Crippen LogP contribution in [0.4, 0.5) is 11.4 Å². The molecule has 0 saturated carbocycles. The summed E-state index contributed by atoms with van der Waals surface area (Å²) in [7, 11) is 1.15. The summed E-state index contributed by atoms with van der Waals surface area (Å²) >= 11 is 0. The van der Waals surface area contributed by atoms with Crippen molar-refractivity contribution in [1.82, 2.24) is 0 Å². The molecule has 19 heavy (non-hydrogen) atoms. The van der Waals surface area contributed by atoms with Gasteiger partial charge < -0.3 is 20.0 Å². The summed E-state index contributed by atoms with van der Waals surface area (Å²) in [4.78, 5) is 31.5. The molecule has 0 aliphatic rings. The van der Waals surface area contributed by atoms with Gasteiger partial charge in [0.1, 0.15) is 5.69 Å². The van der Waals surface area contributed by atoms with Crippen LogP contribution >= 0.6 is 0 Å². The van der Waals surface area contributed by atoms with Gasteiger partial charge >= 0.3 is 35.5 Å². The molecule has 0 atom stereocenters. The van der Waals surface area contributed by atoms with Gasteiger partial charge in [-0.3, -0.25) is 10.1 Å². The fourth-order valence-corrected chi connectivity index (χ4v) is 1.24. The number of carbonyl (C=O) groups excluding carboxylic acids is 2. The molecule has 0 aliphatic carbocycles. The Morgan fingerprint density at radius 2 is 2.05 bits per heavy atom.